The molecule has 2 heterocycles. The first-order valence-corrected chi connectivity index (χ1v) is 12.5. The van der Waals surface area contributed by atoms with Crippen molar-refractivity contribution in [1.29, 1.82) is 0 Å². The second-order valence-corrected chi connectivity index (χ2v) is 9.94. The van der Waals surface area contributed by atoms with Gasteiger partial charge in [0.15, 0.2) is 0 Å². The number of amides is 1. The molecular weight excluding hydrogens is 464 g/mol. The first-order chi connectivity index (χ1) is 17.8. The predicted molar refractivity (Wildman–Crippen MR) is 144 cm³/mol. The Morgan fingerprint density at radius 1 is 1.03 bits per heavy atom. The van der Waals surface area contributed by atoms with E-state index in [0.29, 0.717) is 18.1 Å². The maximum absolute atomic E-state index is 13.4. The topological polar surface area (TPSA) is 82.6 Å². The van der Waals surface area contributed by atoms with Crippen molar-refractivity contribution in [2.75, 3.05) is 6.61 Å². The number of aromatic amines is 1. The second kappa shape index (κ2) is 9.97. The van der Waals surface area contributed by atoms with Crippen molar-refractivity contribution in [2.45, 2.75) is 33.4 Å². The number of nitrogens with one attached hydrogen (secondary N) is 1. The Bertz CT molecular complexity index is 1500. The molecule has 6 heteroatoms. The molecule has 1 fully saturated rings. The lowest BCUT2D eigenvalue weighted by Crippen LogP contribution is -2.29. The highest BCUT2D eigenvalue weighted by Crippen LogP contribution is 2.41. The fourth-order valence-electron chi connectivity index (χ4n) is 4.79. The quantitative estimate of drug-likeness (QED) is 0.184. The van der Waals surface area contributed by atoms with Crippen LogP contribution in [0.15, 0.2) is 84.6 Å². The number of Topliss-reactive ketones (excluding diaryl/α,β-unsaturated/α-hetero) is 1. The van der Waals surface area contributed by atoms with Gasteiger partial charge in [-0.1, -0.05) is 74.0 Å². The second-order valence-electron chi connectivity index (χ2n) is 9.94. The summed E-state index contributed by atoms with van der Waals surface area (Å²) in [6.45, 7) is 6.98. The number of carbonyl (C=O) groups excluding carboxylic acids is 2. The fourth-order valence-corrected chi connectivity index (χ4v) is 4.79. The summed E-state index contributed by atoms with van der Waals surface area (Å²) in [6, 6.07) is 22.1. The van der Waals surface area contributed by atoms with Gasteiger partial charge in [0.1, 0.15) is 11.5 Å². The number of fused-ring (bicyclic) bond motifs is 1. The third kappa shape index (κ3) is 4.75. The number of likely N-dealkylation sites (tertiary alicyclic amines) is 1. The van der Waals surface area contributed by atoms with Gasteiger partial charge in [0.05, 0.1) is 18.2 Å². The predicted octanol–water partition coefficient (Wildman–Crippen LogP) is 6.13. The number of ketones is 1. The molecule has 1 unspecified atom stereocenters. The third-order valence-corrected chi connectivity index (χ3v) is 6.60. The smallest absolute Gasteiger partial charge is 0.295 e. The van der Waals surface area contributed by atoms with Crippen molar-refractivity contribution in [3.63, 3.8) is 0 Å². The minimum atomic E-state index is -0.717. The van der Waals surface area contributed by atoms with E-state index < -0.39 is 17.7 Å². The number of aryl methyl sites for hydroxylation is 1. The highest BCUT2D eigenvalue weighted by atomic mass is 16.5. The van der Waals surface area contributed by atoms with Gasteiger partial charge < -0.3 is 19.7 Å². The molecule has 1 aliphatic heterocycles. The number of H-pyrrole nitrogens is 1. The average molecular weight is 495 g/mol. The largest absolute Gasteiger partial charge is 0.507 e. The van der Waals surface area contributed by atoms with Crippen LogP contribution >= 0.6 is 0 Å². The van der Waals surface area contributed by atoms with E-state index in [9.17, 15) is 14.7 Å². The Hall–Kier alpha value is -4.32. The summed E-state index contributed by atoms with van der Waals surface area (Å²) in [5.74, 6) is -0.325. The van der Waals surface area contributed by atoms with Crippen LogP contribution in [0.3, 0.4) is 0 Å². The standard InChI is InChI=1S/C31H30N2O4/c1-19(2)18-37-23-13-11-21(12-14-23)17-33-28(22-8-6-7-20(3)15-22)27(30(35)31(33)36)29(34)25-16-32-26-10-5-4-9-24(25)26/h4-16,19,28,32,34H,17-18H2,1-3H3/b29-27-. The lowest BCUT2D eigenvalue weighted by Gasteiger charge is -2.26. The summed E-state index contributed by atoms with van der Waals surface area (Å²) in [6.07, 6.45) is 1.68. The summed E-state index contributed by atoms with van der Waals surface area (Å²) in [7, 11) is 0. The van der Waals surface area contributed by atoms with E-state index in [0.717, 1.165) is 33.3 Å². The van der Waals surface area contributed by atoms with Gasteiger partial charge in [-0.2, -0.15) is 0 Å². The molecule has 4 aromatic rings. The maximum Gasteiger partial charge on any atom is 0.295 e. The van der Waals surface area contributed by atoms with Crippen molar-refractivity contribution < 1.29 is 19.4 Å². The van der Waals surface area contributed by atoms with E-state index in [1.54, 1.807) is 11.1 Å². The summed E-state index contributed by atoms with van der Waals surface area (Å²) in [4.78, 5) is 31.5. The van der Waals surface area contributed by atoms with Crippen molar-refractivity contribution >= 4 is 28.4 Å². The first kappa shape index (κ1) is 24.4. The number of nitrogens with zero attached hydrogens (tertiary/aromatic N) is 1. The normalized spacial score (nSPS) is 17.2. The molecule has 0 spiro atoms. The Labute approximate surface area is 216 Å². The zero-order valence-corrected chi connectivity index (χ0v) is 21.2. The van der Waals surface area contributed by atoms with Crippen molar-refractivity contribution in [3.05, 3.63) is 107 Å². The van der Waals surface area contributed by atoms with Gasteiger partial charge in [-0.15, -0.1) is 0 Å². The minimum absolute atomic E-state index is 0.0947. The maximum atomic E-state index is 13.4. The average Bonchev–Trinajstić information content (AvgIpc) is 3.43. The minimum Gasteiger partial charge on any atom is -0.507 e. The fraction of sp³-hybridized carbons (Fsp3) is 0.226. The van der Waals surface area contributed by atoms with E-state index in [4.69, 9.17) is 4.74 Å². The van der Waals surface area contributed by atoms with Crippen LogP contribution in [0.1, 0.15) is 42.1 Å². The lowest BCUT2D eigenvalue weighted by atomic mass is 9.94. The molecule has 1 aromatic heterocycles. The lowest BCUT2D eigenvalue weighted by molar-refractivity contribution is -0.140. The van der Waals surface area contributed by atoms with Crippen LogP contribution in [-0.2, 0) is 16.1 Å². The zero-order chi connectivity index (χ0) is 26.1. The number of hydrogen-bond donors (Lipinski definition) is 2. The number of aromatic nitrogens is 1. The molecule has 5 rings (SSSR count). The Morgan fingerprint density at radius 3 is 2.51 bits per heavy atom. The van der Waals surface area contributed by atoms with E-state index in [1.807, 2.05) is 79.7 Å². The zero-order valence-electron chi connectivity index (χ0n) is 21.2. The van der Waals surface area contributed by atoms with Gasteiger partial charge in [-0.3, -0.25) is 9.59 Å². The molecule has 1 saturated heterocycles. The highest BCUT2D eigenvalue weighted by Gasteiger charge is 2.46. The molecule has 0 radical (unpaired) electrons. The van der Waals surface area contributed by atoms with Gasteiger partial charge in [0.25, 0.3) is 11.7 Å². The molecule has 1 aliphatic rings. The van der Waals surface area contributed by atoms with Gasteiger partial charge in [-0.25, -0.2) is 0 Å². The summed E-state index contributed by atoms with van der Waals surface area (Å²) >= 11 is 0. The van der Waals surface area contributed by atoms with E-state index >= 15 is 0 Å². The summed E-state index contributed by atoms with van der Waals surface area (Å²) < 4.78 is 5.78. The van der Waals surface area contributed by atoms with Gasteiger partial charge in [0.2, 0.25) is 0 Å². The molecule has 0 bridgehead atoms. The van der Waals surface area contributed by atoms with Gasteiger partial charge in [-0.05, 0) is 42.2 Å². The highest BCUT2D eigenvalue weighted by molar-refractivity contribution is 6.46. The van der Waals surface area contributed by atoms with Crippen LogP contribution in [0.4, 0.5) is 0 Å². The van der Waals surface area contributed by atoms with Crippen LogP contribution in [-0.4, -0.2) is 33.3 Å². The molecule has 188 valence electrons. The molecule has 6 nitrogen and oxygen atoms in total. The van der Waals surface area contributed by atoms with Gasteiger partial charge >= 0.3 is 0 Å². The number of aliphatic hydroxyl groups excluding tert-OH is 1. The third-order valence-electron chi connectivity index (χ3n) is 6.60. The number of aliphatic hydroxyl groups is 1. The number of ether oxygens (including phenoxy) is 1. The Balaban J connectivity index is 1.56. The molecule has 0 saturated carbocycles. The molecule has 1 atom stereocenters. The molecule has 1 amide bonds. The van der Waals surface area contributed by atoms with Crippen LogP contribution in [0.25, 0.3) is 16.7 Å². The number of para-hydroxylation sites is 1. The number of rotatable bonds is 7. The van der Waals surface area contributed by atoms with Crippen LogP contribution in [0.2, 0.25) is 0 Å². The number of hydrogen-bond acceptors (Lipinski definition) is 4. The molecule has 0 aliphatic carbocycles. The van der Waals surface area contributed by atoms with Crippen LogP contribution in [0.5, 0.6) is 5.75 Å². The summed E-state index contributed by atoms with van der Waals surface area (Å²) in [5.41, 5.74) is 4.07. The van der Waals surface area contributed by atoms with Gasteiger partial charge in [0, 0.05) is 29.2 Å². The van der Waals surface area contributed by atoms with E-state index in [1.165, 1.54) is 0 Å². The Kier molecular flexibility index (Phi) is 6.57. The first-order valence-electron chi connectivity index (χ1n) is 12.5. The van der Waals surface area contributed by atoms with E-state index in [-0.39, 0.29) is 17.9 Å². The monoisotopic (exact) mass is 494 g/mol. The Morgan fingerprint density at radius 2 is 1.78 bits per heavy atom. The van der Waals surface area contributed by atoms with Crippen LogP contribution in [0, 0.1) is 12.8 Å². The molecule has 2 N–H and O–H groups in total. The number of carbonyl (C=O) groups is 2. The van der Waals surface area contributed by atoms with E-state index in [2.05, 4.69) is 18.8 Å². The van der Waals surface area contributed by atoms with Crippen molar-refractivity contribution in [2.24, 2.45) is 5.92 Å². The van der Waals surface area contributed by atoms with Crippen molar-refractivity contribution in [1.82, 2.24) is 9.88 Å². The molecule has 37 heavy (non-hydrogen) atoms. The SMILES string of the molecule is Cc1cccc(C2/C(=C(/O)c3c[nH]c4ccccc34)C(=O)C(=O)N2Cc2ccc(OCC(C)C)cc2)c1. The molecular formula is C31H30N2O4. The van der Waals surface area contributed by atoms with Crippen LogP contribution < -0.4 is 4.74 Å². The summed E-state index contributed by atoms with van der Waals surface area (Å²) in [5, 5.41) is 12.2. The van der Waals surface area contributed by atoms with Crippen molar-refractivity contribution in [3.8, 4) is 5.75 Å². The number of benzene rings is 3. The molecule has 3 aromatic carbocycles.